The molecule has 2 heterocycles. The number of methoxy groups -OCH3 is 1. The largest absolute Gasteiger partial charge is 0.497 e. The zero-order valence-electron chi connectivity index (χ0n) is 19.1. The molecule has 8 nitrogen and oxygen atoms in total. The second kappa shape index (κ2) is 9.82. The van der Waals surface area contributed by atoms with Gasteiger partial charge in [0.15, 0.2) is 5.82 Å². The number of rotatable bonds is 9. The first-order chi connectivity index (χ1) is 15.5. The quantitative estimate of drug-likeness (QED) is 0.555. The maximum Gasteiger partial charge on any atom is 0.168 e. The zero-order valence-corrected chi connectivity index (χ0v) is 19.1. The van der Waals surface area contributed by atoms with Crippen molar-refractivity contribution in [2.24, 2.45) is 5.10 Å². The summed E-state index contributed by atoms with van der Waals surface area (Å²) in [4.78, 5) is 14.0. The summed E-state index contributed by atoms with van der Waals surface area (Å²) in [6.07, 6.45) is 1.95. The molecule has 0 fully saturated rings. The fraction of sp³-hybridized carbons (Fsp3) is 0.375. The second-order valence-electron chi connectivity index (χ2n) is 8.18. The summed E-state index contributed by atoms with van der Waals surface area (Å²) in [5.41, 5.74) is 5.15. The van der Waals surface area contributed by atoms with Crippen LogP contribution in [0.2, 0.25) is 0 Å². The lowest BCUT2D eigenvalue weighted by Gasteiger charge is -2.23. The van der Waals surface area contributed by atoms with Gasteiger partial charge in [0, 0.05) is 50.3 Å². The average molecular weight is 435 g/mol. The molecule has 1 aliphatic heterocycles. The first kappa shape index (κ1) is 21.8. The molecule has 3 aromatic rings. The van der Waals surface area contributed by atoms with Crippen molar-refractivity contribution < 1.29 is 9.47 Å². The Morgan fingerprint density at radius 3 is 2.62 bits per heavy atom. The summed E-state index contributed by atoms with van der Waals surface area (Å²) < 4.78 is 11.2. The summed E-state index contributed by atoms with van der Waals surface area (Å²) in [5.74, 6) is 3.28. The van der Waals surface area contributed by atoms with Crippen molar-refractivity contribution in [1.29, 1.82) is 0 Å². The van der Waals surface area contributed by atoms with Gasteiger partial charge in [0.2, 0.25) is 0 Å². The molecule has 32 heavy (non-hydrogen) atoms. The highest BCUT2D eigenvalue weighted by Gasteiger charge is 2.17. The smallest absolute Gasteiger partial charge is 0.168 e. The molecule has 1 aliphatic rings. The topological polar surface area (TPSA) is 75.1 Å². The number of nitrogens with one attached hydrogen (secondary N) is 1. The van der Waals surface area contributed by atoms with E-state index in [4.69, 9.17) is 19.4 Å². The maximum atomic E-state index is 5.96. The minimum atomic E-state index is 0.260. The van der Waals surface area contributed by atoms with Crippen LogP contribution in [0.1, 0.15) is 17.3 Å². The fourth-order valence-corrected chi connectivity index (χ4v) is 3.61. The third-order valence-corrected chi connectivity index (χ3v) is 5.48. The van der Waals surface area contributed by atoms with Crippen LogP contribution in [0, 0.1) is 0 Å². The number of hydrazone groups is 1. The first-order valence-electron chi connectivity index (χ1n) is 10.7. The van der Waals surface area contributed by atoms with E-state index in [9.17, 15) is 0 Å². The molecule has 1 atom stereocenters. The molecule has 0 aliphatic carbocycles. The molecule has 1 N–H and O–H groups in total. The molecule has 0 spiro atoms. The van der Waals surface area contributed by atoms with Gasteiger partial charge in [0.1, 0.15) is 23.9 Å². The molecular formula is C24H30N6O2. The van der Waals surface area contributed by atoms with E-state index in [0.29, 0.717) is 5.82 Å². The highest BCUT2D eigenvalue weighted by atomic mass is 16.5. The van der Waals surface area contributed by atoms with Gasteiger partial charge in [-0.15, -0.1) is 0 Å². The van der Waals surface area contributed by atoms with Gasteiger partial charge in [-0.25, -0.2) is 9.97 Å². The monoisotopic (exact) mass is 434 g/mol. The fourth-order valence-electron chi connectivity index (χ4n) is 3.61. The highest BCUT2D eigenvalue weighted by molar-refractivity contribution is 5.91. The number of nitrogens with zero attached hydrogens (tertiary/aromatic N) is 5. The number of fused-ring (bicyclic) bond motifs is 1. The van der Waals surface area contributed by atoms with Gasteiger partial charge in [0.05, 0.1) is 12.6 Å². The Hall–Kier alpha value is -3.39. The van der Waals surface area contributed by atoms with E-state index in [1.165, 1.54) is 5.56 Å². The molecular weight excluding hydrogens is 404 g/mol. The van der Waals surface area contributed by atoms with Crippen molar-refractivity contribution >= 4 is 22.9 Å². The standard InChI is InChI=1S/C24H30N6O2/c1-29(2)10-11-30(3)24-21-12-17(18-14-25-26-15-18)8-9-22(21)27-23(28-24)16-32-20-7-5-6-19(13-20)31-4/h5-9,12-14,18,26H,10-11,15-16H2,1-4H3. The van der Waals surface area contributed by atoms with E-state index in [1.54, 1.807) is 7.11 Å². The summed E-state index contributed by atoms with van der Waals surface area (Å²) in [6, 6.07) is 13.9. The second-order valence-corrected chi connectivity index (χ2v) is 8.18. The lowest BCUT2D eigenvalue weighted by molar-refractivity contribution is 0.294. The van der Waals surface area contributed by atoms with Crippen molar-refractivity contribution in [3.63, 3.8) is 0 Å². The molecule has 0 bridgehead atoms. The molecule has 168 valence electrons. The molecule has 4 rings (SSSR count). The number of hydrogen-bond donors (Lipinski definition) is 1. The van der Waals surface area contributed by atoms with Crippen LogP contribution in [0.15, 0.2) is 47.6 Å². The molecule has 0 radical (unpaired) electrons. The van der Waals surface area contributed by atoms with Gasteiger partial charge < -0.3 is 24.7 Å². The normalized spacial score (nSPS) is 15.2. The molecule has 1 aromatic heterocycles. The first-order valence-corrected chi connectivity index (χ1v) is 10.7. The Morgan fingerprint density at radius 1 is 1.03 bits per heavy atom. The Morgan fingerprint density at radius 2 is 1.88 bits per heavy atom. The molecule has 2 aromatic carbocycles. The minimum Gasteiger partial charge on any atom is -0.497 e. The predicted molar refractivity (Wildman–Crippen MR) is 128 cm³/mol. The average Bonchev–Trinajstić information content (AvgIpc) is 3.35. The van der Waals surface area contributed by atoms with Crippen LogP contribution in [0.4, 0.5) is 5.82 Å². The number of hydrogen-bond acceptors (Lipinski definition) is 8. The Bertz CT molecular complexity index is 1100. The van der Waals surface area contributed by atoms with Crippen LogP contribution >= 0.6 is 0 Å². The van der Waals surface area contributed by atoms with Crippen molar-refractivity contribution in [1.82, 2.24) is 20.3 Å². The molecule has 0 amide bonds. The van der Waals surface area contributed by atoms with Gasteiger partial charge in [-0.3, -0.25) is 0 Å². The number of ether oxygens (including phenoxy) is 2. The van der Waals surface area contributed by atoms with Gasteiger partial charge in [0.25, 0.3) is 0 Å². The summed E-state index contributed by atoms with van der Waals surface area (Å²) in [7, 11) is 7.86. The van der Waals surface area contributed by atoms with E-state index in [1.807, 2.05) is 30.5 Å². The lowest BCUT2D eigenvalue weighted by atomic mass is 9.99. The van der Waals surface area contributed by atoms with Gasteiger partial charge in [-0.05, 0) is 43.9 Å². The van der Waals surface area contributed by atoms with Gasteiger partial charge >= 0.3 is 0 Å². The van der Waals surface area contributed by atoms with Crippen molar-refractivity contribution in [2.75, 3.05) is 52.8 Å². The zero-order chi connectivity index (χ0) is 22.5. The van der Waals surface area contributed by atoms with Crippen LogP contribution in [0.5, 0.6) is 11.5 Å². The molecule has 1 unspecified atom stereocenters. The van der Waals surface area contributed by atoms with Crippen LogP contribution in [-0.2, 0) is 6.61 Å². The van der Waals surface area contributed by atoms with Crippen LogP contribution in [-0.4, -0.2) is 69.0 Å². The van der Waals surface area contributed by atoms with E-state index in [2.05, 4.69) is 59.7 Å². The molecule has 8 heteroatoms. The predicted octanol–water partition coefficient (Wildman–Crippen LogP) is 2.89. The maximum absolute atomic E-state index is 5.96. The highest BCUT2D eigenvalue weighted by Crippen LogP contribution is 2.28. The Kier molecular flexibility index (Phi) is 6.70. The Labute approximate surface area is 188 Å². The van der Waals surface area contributed by atoms with Crippen LogP contribution in [0.25, 0.3) is 10.9 Å². The molecule has 0 saturated carbocycles. The van der Waals surface area contributed by atoms with Gasteiger partial charge in [-0.2, -0.15) is 5.10 Å². The SMILES string of the molecule is COc1cccc(OCc2nc(N(C)CCN(C)C)c3cc(C4C=NNC4)ccc3n2)c1. The Balaban J connectivity index is 1.65. The van der Waals surface area contributed by atoms with Crippen molar-refractivity contribution in [3.8, 4) is 11.5 Å². The van der Waals surface area contributed by atoms with E-state index in [0.717, 1.165) is 47.9 Å². The van der Waals surface area contributed by atoms with Crippen molar-refractivity contribution in [2.45, 2.75) is 12.5 Å². The van der Waals surface area contributed by atoms with Crippen LogP contribution < -0.4 is 19.8 Å². The number of anilines is 1. The number of benzene rings is 2. The summed E-state index contributed by atoms with van der Waals surface area (Å²) in [6.45, 7) is 2.87. The third kappa shape index (κ3) is 5.08. The van der Waals surface area contributed by atoms with E-state index >= 15 is 0 Å². The van der Waals surface area contributed by atoms with Crippen molar-refractivity contribution in [3.05, 3.63) is 53.9 Å². The van der Waals surface area contributed by atoms with E-state index < -0.39 is 0 Å². The lowest BCUT2D eigenvalue weighted by Crippen LogP contribution is -2.29. The summed E-state index contributed by atoms with van der Waals surface area (Å²) >= 11 is 0. The number of likely N-dealkylation sites (N-methyl/N-ethyl adjacent to an activating group) is 2. The van der Waals surface area contributed by atoms with Crippen LogP contribution in [0.3, 0.4) is 0 Å². The third-order valence-electron chi connectivity index (χ3n) is 5.48. The molecule has 0 saturated heterocycles. The van der Waals surface area contributed by atoms with E-state index in [-0.39, 0.29) is 12.5 Å². The number of aromatic nitrogens is 2. The van der Waals surface area contributed by atoms with Gasteiger partial charge in [-0.1, -0.05) is 12.1 Å². The summed E-state index contributed by atoms with van der Waals surface area (Å²) in [5, 5.41) is 5.20. The minimum absolute atomic E-state index is 0.260.